The zero-order valence-corrected chi connectivity index (χ0v) is 11.0. The van der Waals surface area contributed by atoms with E-state index in [1.165, 1.54) is 26.4 Å². The summed E-state index contributed by atoms with van der Waals surface area (Å²) >= 11 is 0. The smallest absolute Gasteiger partial charge is 0.145 e. The average Bonchev–Trinajstić information content (AvgIpc) is 2.48. The van der Waals surface area contributed by atoms with Crippen LogP contribution in [0.5, 0.6) is 23.0 Å². The summed E-state index contributed by atoms with van der Waals surface area (Å²) in [5.41, 5.74) is 0.117. The van der Waals surface area contributed by atoms with Gasteiger partial charge in [0.2, 0.25) is 0 Å². The van der Waals surface area contributed by atoms with Gasteiger partial charge in [0.05, 0.1) is 19.8 Å². The predicted octanol–water partition coefficient (Wildman–Crippen LogP) is 3.51. The molecular formula is C15H12FNO3. The Balaban J connectivity index is 2.37. The van der Waals surface area contributed by atoms with Gasteiger partial charge in [0.25, 0.3) is 0 Å². The van der Waals surface area contributed by atoms with Crippen LogP contribution in [0, 0.1) is 17.1 Å². The maximum absolute atomic E-state index is 13.1. The van der Waals surface area contributed by atoms with Crippen molar-refractivity contribution >= 4 is 0 Å². The molecule has 0 atom stereocenters. The second-order valence-corrected chi connectivity index (χ2v) is 3.90. The van der Waals surface area contributed by atoms with E-state index in [1.807, 2.05) is 6.07 Å². The second-order valence-electron chi connectivity index (χ2n) is 3.90. The van der Waals surface area contributed by atoms with Gasteiger partial charge in [-0.1, -0.05) is 0 Å². The summed E-state index contributed by atoms with van der Waals surface area (Å²) in [5, 5.41) is 8.98. The summed E-state index contributed by atoms with van der Waals surface area (Å²) in [6.45, 7) is 0. The van der Waals surface area contributed by atoms with Crippen LogP contribution in [0.4, 0.5) is 4.39 Å². The Labute approximate surface area is 115 Å². The standard InChI is InChI=1S/C15H12FNO3/c1-18-12-6-13(19-2)8-14(7-12)20-15-4-3-11(16)5-10(15)9-17/h3-8H,1-2H3. The summed E-state index contributed by atoms with van der Waals surface area (Å²) < 4.78 is 28.9. The van der Waals surface area contributed by atoms with E-state index in [9.17, 15) is 4.39 Å². The number of hydrogen-bond acceptors (Lipinski definition) is 4. The minimum Gasteiger partial charge on any atom is -0.496 e. The van der Waals surface area contributed by atoms with Gasteiger partial charge < -0.3 is 14.2 Å². The summed E-state index contributed by atoms with van der Waals surface area (Å²) in [7, 11) is 3.05. The molecule has 20 heavy (non-hydrogen) atoms. The highest BCUT2D eigenvalue weighted by Gasteiger charge is 2.08. The molecule has 2 rings (SSSR count). The van der Waals surface area contributed by atoms with Crippen LogP contribution in [0.2, 0.25) is 0 Å². The lowest BCUT2D eigenvalue weighted by Gasteiger charge is -2.10. The molecule has 0 aliphatic heterocycles. The van der Waals surface area contributed by atoms with E-state index >= 15 is 0 Å². The molecule has 0 aliphatic carbocycles. The molecule has 0 heterocycles. The normalized spacial score (nSPS) is 9.70. The zero-order chi connectivity index (χ0) is 14.5. The van der Waals surface area contributed by atoms with Crippen molar-refractivity contribution < 1.29 is 18.6 Å². The summed E-state index contributed by atoms with van der Waals surface area (Å²) in [4.78, 5) is 0. The van der Waals surface area contributed by atoms with Gasteiger partial charge in [0, 0.05) is 18.2 Å². The molecule has 102 valence electrons. The van der Waals surface area contributed by atoms with E-state index in [0.29, 0.717) is 17.2 Å². The number of nitrogens with zero attached hydrogens (tertiary/aromatic N) is 1. The average molecular weight is 273 g/mol. The van der Waals surface area contributed by atoms with E-state index in [-0.39, 0.29) is 11.3 Å². The quantitative estimate of drug-likeness (QED) is 0.855. The first kappa shape index (κ1) is 13.7. The first-order chi connectivity index (χ1) is 9.66. The van der Waals surface area contributed by atoms with Crippen molar-refractivity contribution in [3.05, 3.63) is 47.8 Å². The third-order valence-corrected chi connectivity index (χ3v) is 2.61. The Morgan fingerprint density at radius 1 is 0.950 bits per heavy atom. The van der Waals surface area contributed by atoms with Gasteiger partial charge in [0.15, 0.2) is 0 Å². The number of benzene rings is 2. The lowest BCUT2D eigenvalue weighted by atomic mass is 10.2. The monoisotopic (exact) mass is 273 g/mol. The summed E-state index contributed by atoms with van der Waals surface area (Å²) in [6.07, 6.45) is 0. The number of rotatable bonds is 4. The molecular weight excluding hydrogens is 261 g/mol. The van der Waals surface area contributed by atoms with Crippen LogP contribution in [-0.2, 0) is 0 Å². The van der Waals surface area contributed by atoms with E-state index in [2.05, 4.69) is 0 Å². The molecule has 4 nitrogen and oxygen atoms in total. The zero-order valence-electron chi connectivity index (χ0n) is 11.0. The van der Waals surface area contributed by atoms with Crippen molar-refractivity contribution in [1.29, 1.82) is 5.26 Å². The van der Waals surface area contributed by atoms with Crippen LogP contribution in [-0.4, -0.2) is 14.2 Å². The molecule has 0 bridgehead atoms. The van der Waals surface area contributed by atoms with E-state index in [0.717, 1.165) is 6.07 Å². The number of ether oxygens (including phenoxy) is 3. The van der Waals surface area contributed by atoms with Gasteiger partial charge in [-0.3, -0.25) is 0 Å². The second kappa shape index (κ2) is 5.93. The topological polar surface area (TPSA) is 51.5 Å². The van der Waals surface area contributed by atoms with Crippen LogP contribution in [0.1, 0.15) is 5.56 Å². The fraction of sp³-hybridized carbons (Fsp3) is 0.133. The largest absolute Gasteiger partial charge is 0.496 e. The minimum atomic E-state index is -0.489. The van der Waals surface area contributed by atoms with Gasteiger partial charge in [0.1, 0.15) is 34.9 Å². The Hall–Kier alpha value is -2.74. The van der Waals surface area contributed by atoms with Crippen LogP contribution in [0.3, 0.4) is 0 Å². The molecule has 0 aromatic heterocycles. The van der Waals surface area contributed by atoms with E-state index < -0.39 is 5.82 Å². The first-order valence-electron chi connectivity index (χ1n) is 5.77. The van der Waals surface area contributed by atoms with Crippen molar-refractivity contribution in [2.24, 2.45) is 0 Å². The van der Waals surface area contributed by atoms with Crippen LogP contribution >= 0.6 is 0 Å². The van der Waals surface area contributed by atoms with E-state index in [1.54, 1.807) is 18.2 Å². The third-order valence-electron chi connectivity index (χ3n) is 2.61. The predicted molar refractivity (Wildman–Crippen MR) is 70.7 cm³/mol. The summed E-state index contributed by atoms with van der Waals surface area (Å²) in [5.74, 6) is 1.32. The van der Waals surface area contributed by atoms with Crippen molar-refractivity contribution in [3.8, 4) is 29.1 Å². The van der Waals surface area contributed by atoms with Crippen molar-refractivity contribution in [3.63, 3.8) is 0 Å². The highest BCUT2D eigenvalue weighted by molar-refractivity contribution is 5.48. The maximum Gasteiger partial charge on any atom is 0.145 e. The molecule has 0 saturated heterocycles. The molecule has 0 amide bonds. The van der Waals surface area contributed by atoms with Gasteiger partial charge in [-0.25, -0.2) is 4.39 Å². The van der Waals surface area contributed by atoms with Crippen molar-refractivity contribution in [2.45, 2.75) is 0 Å². The van der Waals surface area contributed by atoms with Crippen LogP contribution in [0.25, 0.3) is 0 Å². The molecule has 2 aromatic rings. The van der Waals surface area contributed by atoms with Crippen molar-refractivity contribution in [1.82, 2.24) is 0 Å². The third kappa shape index (κ3) is 2.98. The van der Waals surface area contributed by atoms with Gasteiger partial charge in [-0.05, 0) is 18.2 Å². The molecule has 0 aliphatic rings. The Kier molecular flexibility index (Phi) is 4.06. The molecule has 0 unspecified atom stereocenters. The Morgan fingerprint density at radius 2 is 1.55 bits per heavy atom. The number of hydrogen-bond donors (Lipinski definition) is 0. The molecule has 0 N–H and O–H groups in total. The number of halogens is 1. The highest BCUT2D eigenvalue weighted by Crippen LogP contribution is 2.32. The minimum absolute atomic E-state index is 0.117. The molecule has 0 radical (unpaired) electrons. The lowest BCUT2D eigenvalue weighted by Crippen LogP contribution is -1.92. The summed E-state index contributed by atoms with van der Waals surface area (Å²) in [6, 6.07) is 10.6. The number of methoxy groups -OCH3 is 2. The van der Waals surface area contributed by atoms with Crippen LogP contribution < -0.4 is 14.2 Å². The van der Waals surface area contributed by atoms with E-state index in [4.69, 9.17) is 19.5 Å². The molecule has 0 fully saturated rings. The Morgan fingerprint density at radius 3 is 2.10 bits per heavy atom. The fourth-order valence-electron chi connectivity index (χ4n) is 1.65. The molecule has 2 aromatic carbocycles. The van der Waals surface area contributed by atoms with Gasteiger partial charge >= 0.3 is 0 Å². The van der Waals surface area contributed by atoms with Crippen molar-refractivity contribution in [2.75, 3.05) is 14.2 Å². The molecule has 5 heteroatoms. The van der Waals surface area contributed by atoms with Crippen LogP contribution in [0.15, 0.2) is 36.4 Å². The van der Waals surface area contributed by atoms with Gasteiger partial charge in [-0.2, -0.15) is 5.26 Å². The number of nitriles is 1. The SMILES string of the molecule is COc1cc(OC)cc(Oc2ccc(F)cc2C#N)c1. The fourth-order valence-corrected chi connectivity index (χ4v) is 1.65. The first-order valence-corrected chi connectivity index (χ1v) is 5.77. The Bertz CT molecular complexity index is 642. The molecule has 0 saturated carbocycles. The highest BCUT2D eigenvalue weighted by atomic mass is 19.1. The maximum atomic E-state index is 13.1. The van der Waals surface area contributed by atoms with Gasteiger partial charge in [-0.15, -0.1) is 0 Å². The molecule has 0 spiro atoms. The lowest BCUT2D eigenvalue weighted by molar-refractivity contribution is 0.386.